The Bertz CT molecular complexity index is 1570. The van der Waals surface area contributed by atoms with E-state index in [1.165, 1.54) is 11.1 Å². The fraction of sp³-hybridized carbons (Fsp3) is 0.321. The minimum absolute atomic E-state index is 0. The van der Waals surface area contributed by atoms with E-state index in [0.717, 1.165) is 79.1 Å². The summed E-state index contributed by atoms with van der Waals surface area (Å²) in [4.78, 5) is 27.8. The summed E-state index contributed by atoms with van der Waals surface area (Å²) in [5, 5.41) is 6.83. The zero-order valence-corrected chi connectivity index (χ0v) is 22.0. The Kier molecular flexibility index (Phi) is 5.37. The van der Waals surface area contributed by atoms with Gasteiger partial charge in [-0.3, -0.25) is 4.79 Å². The Morgan fingerprint density at radius 1 is 0.765 bits per heavy atom. The van der Waals surface area contributed by atoms with Crippen molar-refractivity contribution in [3.63, 3.8) is 0 Å². The van der Waals surface area contributed by atoms with Gasteiger partial charge in [-0.2, -0.15) is 11.4 Å². The smallest absolute Gasteiger partial charge is 0.664 e. The predicted molar refractivity (Wildman–Crippen MR) is 136 cm³/mol. The zero-order valence-electron chi connectivity index (χ0n) is 20.6. The summed E-state index contributed by atoms with van der Waals surface area (Å²) in [7, 11) is 0. The van der Waals surface area contributed by atoms with Crippen LogP contribution in [0, 0.1) is 40.5 Å². The third-order valence-corrected chi connectivity index (χ3v) is 7.72. The largest absolute Gasteiger partial charge is 2.00 e. The number of carbonyl (C=O) groups is 1. The average Bonchev–Trinajstić information content (AvgIpc) is 3.52. The van der Waals surface area contributed by atoms with Crippen LogP contribution in [0.1, 0.15) is 80.7 Å². The van der Waals surface area contributed by atoms with Crippen LogP contribution in [0.5, 0.6) is 0 Å². The van der Waals surface area contributed by atoms with Crippen LogP contribution in [0.15, 0.2) is 11.4 Å². The standard InChI is InChI=1S/C28H27N4O.Mg/c1-12-7-25-18-8-26(33)27-17(6)24(32-28(18)27)11-23-16(5)15(4)22(31-23)10-21-14(3)13(2)20(30-21)9-19(12)29-25;/h9-12H,7-8H2,1-6H3,(H-,29,32,33);/q-3;+2/p-1/b19-9-,22-10-,23-11-;/t12-;/m0./s1. The quantitative estimate of drug-likeness (QED) is 0.484. The Labute approximate surface area is 215 Å². The third kappa shape index (κ3) is 3.22. The average molecular weight is 459 g/mol. The Morgan fingerprint density at radius 3 is 2.00 bits per heavy atom. The second kappa shape index (κ2) is 7.92. The Hall–Kier alpha value is -2.70. The van der Waals surface area contributed by atoms with E-state index in [1.54, 1.807) is 0 Å². The van der Waals surface area contributed by atoms with Crippen LogP contribution in [0.25, 0.3) is 29.1 Å². The van der Waals surface area contributed by atoms with Crippen molar-refractivity contribution in [3.8, 4) is 0 Å². The van der Waals surface area contributed by atoms with Crippen LogP contribution >= 0.6 is 0 Å². The van der Waals surface area contributed by atoms with E-state index in [0.29, 0.717) is 6.42 Å². The van der Waals surface area contributed by atoms with E-state index in [1.807, 2.05) is 13.0 Å². The zero-order chi connectivity index (χ0) is 23.2. The van der Waals surface area contributed by atoms with Gasteiger partial charge in [0.15, 0.2) is 5.78 Å². The number of fused-ring (bicyclic) bond motifs is 7. The Morgan fingerprint density at radius 2 is 1.35 bits per heavy atom. The van der Waals surface area contributed by atoms with Gasteiger partial charge in [-0.25, -0.2) is 0 Å². The molecule has 0 aromatic carbocycles. The number of hydrogen-bond acceptors (Lipinski definition) is 1. The predicted octanol–water partition coefficient (Wildman–Crippen LogP) is 3.44. The molecule has 1 aliphatic carbocycles. The monoisotopic (exact) mass is 458 g/mol. The molecule has 0 saturated carbocycles. The molecular formula is C28H26MgN4O-2. The van der Waals surface area contributed by atoms with Crippen molar-refractivity contribution in [2.24, 2.45) is 5.92 Å². The van der Waals surface area contributed by atoms with E-state index in [-0.39, 0.29) is 34.8 Å². The summed E-state index contributed by atoms with van der Waals surface area (Å²) >= 11 is 0. The molecule has 0 N–H and O–H groups in total. The maximum atomic E-state index is 13.0. The van der Waals surface area contributed by atoms with Gasteiger partial charge in [0, 0.05) is 12.0 Å². The molecule has 34 heavy (non-hydrogen) atoms. The van der Waals surface area contributed by atoms with Crippen molar-refractivity contribution in [1.82, 2.24) is 15.0 Å². The van der Waals surface area contributed by atoms with Crippen molar-refractivity contribution < 1.29 is 4.79 Å². The third-order valence-electron chi connectivity index (χ3n) is 7.72. The van der Waals surface area contributed by atoms with Gasteiger partial charge in [0.25, 0.3) is 0 Å². The van der Waals surface area contributed by atoms with Crippen molar-refractivity contribution in [2.75, 3.05) is 0 Å². The molecule has 5 nitrogen and oxygen atoms in total. The summed E-state index contributed by atoms with van der Waals surface area (Å²) < 4.78 is 0. The molecule has 0 unspecified atom stereocenters. The van der Waals surface area contributed by atoms with Crippen LogP contribution in [0.4, 0.5) is 0 Å². The maximum Gasteiger partial charge on any atom is 2.00 e. The fourth-order valence-corrected chi connectivity index (χ4v) is 5.23. The molecule has 1 saturated heterocycles. The number of carbonyl (C=O) groups excluding carboxylic acids is 1. The van der Waals surface area contributed by atoms with Gasteiger partial charge in [-0.05, 0) is 47.0 Å². The van der Waals surface area contributed by atoms with Gasteiger partial charge in [0.1, 0.15) is 0 Å². The summed E-state index contributed by atoms with van der Waals surface area (Å²) in [5.74, 6) is 0.418. The van der Waals surface area contributed by atoms with E-state index in [2.05, 4.69) is 46.8 Å². The molecule has 3 aromatic heterocycles. The summed E-state index contributed by atoms with van der Waals surface area (Å²) in [5.41, 5.74) is 12.9. The molecule has 0 amide bonds. The minimum atomic E-state index is 0. The molecule has 168 valence electrons. The molecule has 3 aliphatic rings. The molecule has 6 rings (SSSR count). The van der Waals surface area contributed by atoms with Gasteiger partial charge in [-0.15, -0.1) is 33.5 Å². The number of ketones is 1. The second-order valence-electron chi connectivity index (χ2n) is 9.71. The minimum Gasteiger partial charge on any atom is -0.664 e. The maximum absolute atomic E-state index is 13.0. The second-order valence-corrected chi connectivity index (χ2v) is 9.71. The number of Topliss-reactive ketones (excluding diaryl/α,β-unsaturated/α-hetero) is 1. The first-order chi connectivity index (χ1) is 15.7. The molecule has 0 spiro atoms. The topological polar surface area (TPSA) is 73.5 Å². The van der Waals surface area contributed by atoms with Crippen LogP contribution < -0.4 is 25.7 Å². The van der Waals surface area contributed by atoms with Crippen LogP contribution in [-0.4, -0.2) is 28.8 Å². The van der Waals surface area contributed by atoms with E-state index >= 15 is 0 Å². The number of rotatable bonds is 0. The van der Waals surface area contributed by atoms with Crippen LogP contribution in [0.2, 0.25) is 0 Å². The number of nitrogens with zero attached hydrogens (tertiary/aromatic N) is 4. The normalized spacial score (nSPS) is 24.0. The van der Waals surface area contributed by atoms with E-state index < -0.39 is 0 Å². The van der Waals surface area contributed by atoms with Crippen molar-refractivity contribution >= 4 is 52.6 Å². The molecule has 5 heterocycles. The SMILES string of the molecule is Cc1c2[n-]c(c1C)/C=c1\[n-]/c(c(C)c1C)=C\c1[n-]c3c(c1C)C(=O)C/C3=C1\C[C@H](C)/C(=C/2)[N-]1.[Mg+2]. The molecular weight excluding hydrogens is 433 g/mol. The molecule has 0 radical (unpaired) electrons. The molecule has 8 bridgehead atoms. The van der Waals surface area contributed by atoms with Gasteiger partial charge < -0.3 is 20.3 Å². The Balaban J connectivity index is 0.00000241. The van der Waals surface area contributed by atoms with Crippen molar-refractivity contribution in [1.29, 1.82) is 0 Å². The molecule has 2 aliphatic heterocycles. The van der Waals surface area contributed by atoms with Gasteiger partial charge >= 0.3 is 23.1 Å². The number of allylic oxidation sites excluding steroid dienone is 3. The summed E-state index contributed by atoms with van der Waals surface area (Å²) in [6.45, 7) is 12.6. The number of hydrogen-bond donors (Lipinski definition) is 0. The summed E-state index contributed by atoms with van der Waals surface area (Å²) in [6.07, 6.45) is 7.44. The van der Waals surface area contributed by atoms with Crippen molar-refractivity contribution in [2.45, 2.75) is 54.4 Å². The fourth-order valence-electron chi connectivity index (χ4n) is 5.23. The van der Waals surface area contributed by atoms with Gasteiger partial charge in [0.2, 0.25) is 0 Å². The molecule has 3 aromatic rings. The van der Waals surface area contributed by atoms with Crippen LogP contribution in [0.3, 0.4) is 0 Å². The van der Waals surface area contributed by atoms with Crippen molar-refractivity contribution in [3.05, 3.63) is 83.6 Å². The van der Waals surface area contributed by atoms with Crippen LogP contribution in [-0.2, 0) is 0 Å². The molecule has 1 atom stereocenters. The first-order valence-corrected chi connectivity index (χ1v) is 11.6. The molecule has 1 fully saturated rings. The first-order valence-electron chi connectivity index (χ1n) is 11.6. The summed E-state index contributed by atoms with van der Waals surface area (Å²) in [6, 6.07) is 0. The van der Waals surface area contributed by atoms with E-state index in [9.17, 15) is 4.79 Å². The van der Waals surface area contributed by atoms with Gasteiger partial charge in [-0.1, -0.05) is 58.5 Å². The number of aromatic nitrogens is 3. The van der Waals surface area contributed by atoms with Gasteiger partial charge in [0.05, 0.1) is 0 Å². The molecule has 6 heteroatoms. The first kappa shape index (κ1) is 23.1. The van der Waals surface area contributed by atoms with E-state index in [4.69, 9.17) is 20.3 Å².